The van der Waals surface area contributed by atoms with Crippen LogP contribution in [-0.2, 0) is 4.74 Å². The molecule has 2 aromatic heterocycles. The molecule has 3 rings (SSSR count). The Hall–Kier alpha value is -2.47. The van der Waals surface area contributed by atoms with Crippen LogP contribution in [0.25, 0.3) is 16.4 Å². The molecule has 0 N–H and O–H groups in total. The fourth-order valence-corrected chi connectivity index (χ4v) is 2.96. The molecule has 5 nitrogen and oxygen atoms in total. The molecule has 2 heterocycles. The number of rotatable bonds is 5. The minimum absolute atomic E-state index is 0.371. The van der Waals surface area contributed by atoms with Crippen molar-refractivity contribution in [2.24, 2.45) is 0 Å². The Morgan fingerprint density at radius 2 is 2.09 bits per heavy atom. The van der Waals surface area contributed by atoms with Gasteiger partial charge in [0, 0.05) is 10.9 Å². The summed E-state index contributed by atoms with van der Waals surface area (Å²) in [5, 5.41) is 7.00. The number of carbonyl (C=O) groups is 1. The number of aryl methyl sites for hydroxylation is 1. The first kappa shape index (κ1) is 15.4. The second-order valence-corrected chi connectivity index (χ2v) is 5.94. The summed E-state index contributed by atoms with van der Waals surface area (Å²) in [5.74, 6) is -0.371. The van der Waals surface area contributed by atoms with E-state index < -0.39 is 0 Å². The van der Waals surface area contributed by atoms with Crippen LogP contribution in [0.1, 0.15) is 29.5 Å². The fraction of sp³-hybridized carbons (Fsp3) is 0.235. The SMILES string of the molecule is CCCOC(=O)c1cc(C)nn1-c1nc(-c2ccccc2)cs1. The summed E-state index contributed by atoms with van der Waals surface area (Å²) in [6.45, 7) is 4.21. The lowest BCUT2D eigenvalue weighted by Crippen LogP contribution is -2.12. The third-order valence-electron chi connectivity index (χ3n) is 3.22. The standard InChI is InChI=1S/C17H17N3O2S/c1-3-9-22-16(21)15-10-12(2)19-20(15)17-18-14(11-23-17)13-7-5-4-6-8-13/h4-8,10-11H,3,9H2,1-2H3. The van der Waals surface area contributed by atoms with E-state index in [9.17, 15) is 4.79 Å². The predicted molar refractivity (Wildman–Crippen MR) is 90.0 cm³/mol. The van der Waals surface area contributed by atoms with Gasteiger partial charge in [-0.25, -0.2) is 9.78 Å². The zero-order valence-corrected chi connectivity index (χ0v) is 13.8. The number of aromatic nitrogens is 3. The molecule has 0 radical (unpaired) electrons. The molecule has 0 atom stereocenters. The number of carbonyl (C=O) groups excluding carboxylic acids is 1. The summed E-state index contributed by atoms with van der Waals surface area (Å²) in [7, 11) is 0. The molecular formula is C17H17N3O2S. The minimum Gasteiger partial charge on any atom is -0.461 e. The molecule has 0 bridgehead atoms. The molecule has 6 heteroatoms. The van der Waals surface area contributed by atoms with Crippen LogP contribution >= 0.6 is 11.3 Å². The predicted octanol–water partition coefficient (Wildman–Crippen LogP) is 3.87. The quantitative estimate of drug-likeness (QED) is 0.668. The third-order valence-corrected chi connectivity index (χ3v) is 4.04. The number of ether oxygens (including phenoxy) is 1. The first-order chi connectivity index (χ1) is 11.2. The lowest BCUT2D eigenvalue weighted by atomic mass is 10.2. The van der Waals surface area contributed by atoms with Gasteiger partial charge in [0.2, 0.25) is 5.13 Å². The topological polar surface area (TPSA) is 57.0 Å². The van der Waals surface area contributed by atoms with Crippen LogP contribution in [0.4, 0.5) is 0 Å². The van der Waals surface area contributed by atoms with Crippen molar-refractivity contribution in [2.75, 3.05) is 6.61 Å². The van der Waals surface area contributed by atoms with E-state index in [0.717, 1.165) is 23.4 Å². The number of benzene rings is 1. The number of hydrogen-bond donors (Lipinski definition) is 0. The lowest BCUT2D eigenvalue weighted by Gasteiger charge is -2.04. The Balaban J connectivity index is 1.93. The van der Waals surface area contributed by atoms with E-state index in [1.165, 1.54) is 11.3 Å². The van der Waals surface area contributed by atoms with Crippen LogP contribution in [0.5, 0.6) is 0 Å². The highest BCUT2D eigenvalue weighted by atomic mass is 32.1. The summed E-state index contributed by atoms with van der Waals surface area (Å²) >= 11 is 1.45. The fourth-order valence-electron chi connectivity index (χ4n) is 2.16. The van der Waals surface area contributed by atoms with Crippen LogP contribution in [0.15, 0.2) is 41.8 Å². The van der Waals surface area contributed by atoms with E-state index in [1.54, 1.807) is 10.7 Å². The van der Waals surface area contributed by atoms with E-state index in [-0.39, 0.29) is 5.97 Å². The normalized spacial score (nSPS) is 10.7. The third kappa shape index (κ3) is 3.32. The zero-order valence-electron chi connectivity index (χ0n) is 13.0. The van der Waals surface area contributed by atoms with Gasteiger partial charge in [-0.15, -0.1) is 11.3 Å². The van der Waals surface area contributed by atoms with Crippen molar-refractivity contribution < 1.29 is 9.53 Å². The molecule has 0 fully saturated rings. The van der Waals surface area contributed by atoms with E-state index in [1.807, 2.05) is 49.6 Å². The second-order valence-electron chi connectivity index (χ2n) is 5.10. The van der Waals surface area contributed by atoms with Crippen molar-refractivity contribution >= 4 is 17.3 Å². The summed E-state index contributed by atoms with van der Waals surface area (Å²) in [5.41, 5.74) is 3.07. The van der Waals surface area contributed by atoms with Crippen LogP contribution in [-0.4, -0.2) is 27.3 Å². The minimum atomic E-state index is -0.371. The molecule has 0 aliphatic rings. The number of thiazole rings is 1. The maximum Gasteiger partial charge on any atom is 0.357 e. The van der Waals surface area contributed by atoms with Gasteiger partial charge in [0.25, 0.3) is 0 Å². The van der Waals surface area contributed by atoms with Gasteiger partial charge in [0.05, 0.1) is 18.0 Å². The van der Waals surface area contributed by atoms with Gasteiger partial charge in [0.1, 0.15) is 0 Å². The maximum atomic E-state index is 12.2. The lowest BCUT2D eigenvalue weighted by molar-refractivity contribution is 0.0494. The van der Waals surface area contributed by atoms with Gasteiger partial charge in [-0.05, 0) is 19.4 Å². The van der Waals surface area contributed by atoms with Gasteiger partial charge in [-0.2, -0.15) is 9.78 Å². The first-order valence-electron chi connectivity index (χ1n) is 7.44. The molecule has 1 aromatic carbocycles. The van der Waals surface area contributed by atoms with E-state index in [4.69, 9.17) is 4.74 Å². The summed E-state index contributed by atoms with van der Waals surface area (Å²) in [4.78, 5) is 16.8. The number of nitrogens with zero attached hydrogens (tertiary/aromatic N) is 3. The summed E-state index contributed by atoms with van der Waals surface area (Å²) < 4.78 is 6.78. The number of hydrogen-bond acceptors (Lipinski definition) is 5. The van der Waals surface area contributed by atoms with Gasteiger partial charge in [0.15, 0.2) is 5.69 Å². The highest BCUT2D eigenvalue weighted by molar-refractivity contribution is 7.12. The van der Waals surface area contributed by atoms with Crippen LogP contribution in [0, 0.1) is 6.92 Å². The van der Waals surface area contributed by atoms with Crippen LogP contribution < -0.4 is 0 Å². The van der Waals surface area contributed by atoms with Gasteiger partial charge in [-0.3, -0.25) is 0 Å². The molecule has 0 aliphatic carbocycles. The smallest absolute Gasteiger partial charge is 0.357 e. The molecule has 0 saturated carbocycles. The Kier molecular flexibility index (Phi) is 4.52. The van der Waals surface area contributed by atoms with Crippen LogP contribution in [0.2, 0.25) is 0 Å². The second kappa shape index (κ2) is 6.75. The first-order valence-corrected chi connectivity index (χ1v) is 8.32. The summed E-state index contributed by atoms with van der Waals surface area (Å²) in [6.07, 6.45) is 0.786. The van der Waals surface area contributed by atoms with Gasteiger partial charge in [-0.1, -0.05) is 37.3 Å². The summed E-state index contributed by atoms with van der Waals surface area (Å²) in [6, 6.07) is 11.6. The van der Waals surface area contributed by atoms with Crippen molar-refractivity contribution in [1.29, 1.82) is 0 Å². The Labute approximate surface area is 138 Å². The maximum absolute atomic E-state index is 12.2. The molecule has 3 aromatic rings. The molecule has 0 amide bonds. The van der Waals surface area contributed by atoms with E-state index >= 15 is 0 Å². The Bertz CT molecular complexity index is 808. The van der Waals surface area contributed by atoms with E-state index in [0.29, 0.717) is 17.4 Å². The molecule has 0 aliphatic heterocycles. The van der Waals surface area contributed by atoms with Crippen LogP contribution in [0.3, 0.4) is 0 Å². The number of esters is 1. The molecular weight excluding hydrogens is 310 g/mol. The molecule has 118 valence electrons. The van der Waals surface area contributed by atoms with Crippen molar-refractivity contribution in [2.45, 2.75) is 20.3 Å². The Morgan fingerprint density at radius 3 is 2.83 bits per heavy atom. The molecule has 0 saturated heterocycles. The average molecular weight is 327 g/mol. The zero-order chi connectivity index (χ0) is 16.2. The van der Waals surface area contributed by atoms with Crippen molar-refractivity contribution in [3.8, 4) is 16.4 Å². The van der Waals surface area contributed by atoms with E-state index in [2.05, 4.69) is 10.1 Å². The highest BCUT2D eigenvalue weighted by Gasteiger charge is 2.19. The monoisotopic (exact) mass is 327 g/mol. The van der Waals surface area contributed by atoms with Gasteiger partial charge >= 0.3 is 5.97 Å². The van der Waals surface area contributed by atoms with Crippen molar-refractivity contribution in [3.63, 3.8) is 0 Å². The Morgan fingerprint density at radius 1 is 1.30 bits per heavy atom. The largest absolute Gasteiger partial charge is 0.461 e. The van der Waals surface area contributed by atoms with Crippen molar-refractivity contribution in [3.05, 3.63) is 53.2 Å². The average Bonchev–Trinajstić information content (AvgIpc) is 3.20. The van der Waals surface area contributed by atoms with Gasteiger partial charge < -0.3 is 4.74 Å². The molecule has 0 unspecified atom stereocenters. The molecule has 0 spiro atoms. The highest BCUT2D eigenvalue weighted by Crippen LogP contribution is 2.25. The van der Waals surface area contributed by atoms with Crippen molar-refractivity contribution in [1.82, 2.24) is 14.8 Å². The molecule has 23 heavy (non-hydrogen) atoms.